The van der Waals surface area contributed by atoms with Gasteiger partial charge in [-0.2, -0.15) is 0 Å². The highest BCUT2D eigenvalue weighted by molar-refractivity contribution is 5.62. The fraction of sp³-hybridized carbons (Fsp3) is 0.143. The lowest BCUT2D eigenvalue weighted by atomic mass is 9.95. The van der Waals surface area contributed by atoms with Crippen molar-refractivity contribution in [1.29, 1.82) is 0 Å². The second-order valence-electron chi connectivity index (χ2n) is 3.68. The molecule has 16 heavy (non-hydrogen) atoms. The summed E-state index contributed by atoms with van der Waals surface area (Å²) < 4.78 is 0. The van der Waals surface area contributed by atoms with Gasteiger partial charge in [-0.25, -0.2) is 0 Å². The van der Waals surface area contributed by atoms with Crippen LogP contribution in [0.3, 0.4) is 0 Å². The Labute approximate surface area is 95.0 Å². The minimum atomic E-state index is -0.101. The molecule has 2 heteroatoms. The number of rotatable bonds is 4. The van der Waals surface area contributed by atoms with Crippen LogP contribution in [-0.2, 0) is 11.2 Å². The molecule has 0 radical (unpaired) electrons. The molecule has 0 saturated heterocycles. The Hall–Kier alpha value is -1.96. The molecule has 0 fully saturated rings. The van der Waals surface area contributed by atoms with Crippen LogP contribution in [0.15, 0.2) is 54.7 Å². The van der Waals surface area contributed by atoms with Gasteiger partial charge in [0.2, 0.25) is 0 Å². The van der Waals surface area contributed by atoms with Gasteiger partial charge in [-0.1, -0.05) is 36.4 Å². The van der Waals surface area contributed by atoms with E-state index in [1.165, 1.54) is 0 Å². The first-order valence-corrected chi connectivity index (χ1v) is 5.30. The van der Waals surface area contributed by atoms with Crippen LogP contribution in [0.2, 0.25) is 0 Å². The Morgan fingerprint density at radius 1 is 1.06 bits per heavy atom. The standard InChI is InChI=1S/C14H13NO/c16-11-13(12-6-2-1-3-7-12)10-14-8-4-5-9-15-14/h1-9,11,13H,10H2. The van der Waals surface area contributed by atoms with Crippen LogP contribution in [0.4, 0.5) is 0 Å². The molecule has 0 bridgehead atoms. The molecule has 0 spiro atoms. The Morgan fingerprint density at radius 3 is 2.44 bits per heavy atom. The highest BCUT2D eigenvalue weighted by Crippen LogP contribution is 2.17. The molecule has 0 aliphatic rings. The molecule has 0 N–H and O–H groups in total. The van der Waals surface area contributed by atoms with E-state index in [9.17, 15) is 4.79 Å². The second-order valence-corrected chi connectivity index (χ2v) is 3.68. The van der Waals surface area contributed by atoms with Gasteiger partial charge in [0.15, 0.2) is 0 Å². The largest absolute Gasteiger partial charge is 0.303 e. The van der Waals surface area contributed by atoms with Gasteiger partial charge in [0.25, 0.3) is 0 Å². The van der Waals surface area contributed by atoms with Gasteiger partial charge >= 0.3 is 0 Å². The molecular weight excluding hydrogens is 198 g/mol. The highest BCUT2D eigenvalue weighted by Gasteiger charge is 2.10. The van der Waals surface area contributed by atoms with Crippen molar-refractivity contribution in [3.63, 3.8) is 0 Å². The summed E-state index contributed by atoms with van der Waals surface area (Å²) in [6.45, 7) is 0. The number of carbonyl (C=O) groups is 1. The van der Waals surface area contributed by atoms with E-state index in [4.69, 9.17) is 0 Å². The second kappa shape index (κ2) is 5.21. The molecule has 0 saturated carbocycles. The van der Waals surface area contributed by atoms with Crippen LogP contribution < -0.4 is 0 Å². The molecular formula is C14H13NO. The maximum atomic E-state index is 11.1. The molecule has 2 rings (SSSR count). The number of aldehydes is 1. The zero-order valence-electron chi connectivity index (χ0n) is 8.91. The zero-order valence-corrected chi connectivity index (χ0v) is 8.91. The smallest absolute Gasteiger partial charge is 0.127 e. The minimum absolute atomic E-state index is 0.101. The zero-order chi connectivity index (χ0) is 11.2. The highest BCUT2D eigenvalue weighted by atomic mass is 16.1. The van der Waals surface area contributed by atoms with Crippen LogP contribution in [0.25, 0.3) is 0 Å². The summed E-state index contributed by atoms with van der Waals surface area (Å²) in [5, 5.41) is 0. The maximum absolute atomic E-state index is 11.1. The number of hydrogen-bond donors (Lipinski definition) is 0. The molecule has 1 aromatic heterocycles. The number of nitrogens with zero attached hydrogens (tertiary/aromatic N) is 1. The van der Waals surface area contributed by atoms with Crippen LogP contribution in [0.1, 0.15) is 17.2 Å². The summed E-state index contributed by atoms with van der Waals surface area (Å²) >= 11 is 0. The van der Waals surface area contributed by atoms with Crippen molar-refractivity contribution in [3.8, 4) is 0 Å². The van der Waals surface area contributed by atoms with E-state index >= 15 is 0 Å². The summed E-state index contributed by atoms with van der Waals surface area (Å²) in [7, 11) is 0. The van der Waals surface area contributed by atoms with Crippen molar-refractivity contribution in [2.75, 3.05) is 0 Å². The number of carbonyl (C=O) groups excluding carboxylic acids is 1. The fourth-order valence-electron chi connectivity index (χ4n) is 1.69. The van der Waals surface area contributed by atoms with Gasteiger partial charge in [-0.15, -0.1) is 0 Å². The minimum Gasteiger partial charge on any atom is -0.303 e. The van der Waals surface area contributed by atoms with Gasteiger partial charge in [0, 0.05) is 24.2 Å². The first kappa shape index (κ1) is 10.6. The Morgan fingerprint density at radius 2 is 1.81 bits per heavy atom. The normalized spacial score (nSPS) is 12.0. The van der Waals surface area contributed by atoms with E-state index in [1.54, 1.807) is 6.20 Å². The van der Waals surface area contributed by atoms with E-state index in [2.05, 4.69) is 4.98 Å². The number of benzene rings is 1. The van der Waals surface area contributed by atoms with Crippen molar-refractivity contribution in [2.45, 2.75) is 12.3 Å². The van der Waals surface area contributed by atoms with Crippen LogP contribution in [-0.4, -0.2) is 11.3 Å². The van der Waals surface area contributed by atoms with E-state index in [0.717, 1.165) is 17.5 Å². The third kappa shape index (κ3) is 2.54. The van der Waals surface area contributed by atoms with E-state index in [-0.39, 0.29) is 5.92 Å². The first-order valence-electron chi connectivity index (χ1n) is 5.30. The third-order valence-corrected chi connectivity index (χ3v) is 2.55. The van der Waals surface area contributed by atoms with Crippen molar-refractivity contribution >= 4 is 6.29 Å². The number of aromatic nitrogens is 1. The summed E-state index contributed by atoms with van der Waals surface area (Å²) in [6, 6.07) is 15.6. The molecule has 1 aromatic carbocycles. The van der Waals surface area contributed by atoms with Crippen molar-refractivity contribution < 1.29 is 4.79 Å². The van der Waals surface area contributed by atoms with Crippen molar-refractivity contribution in [3.05, 3.63) is 66.0 Å². The number of pyridine rings is 1. The van der Waals surface area contributed by atoms with E-state index < -0.39 is 0 Å². The summed E-state index contributed by atoms with van der Waals surface area (Å²) in [5.74, 6) is -0.101. The van der Waals surface area contributed by atoms with E-state index in [0.29, 0.717) is 6.42 Å². The molecule has 0 aliphatic heterocycles. The monoisotopic (exact) mass is 211 g/mol. The Bertz CT molecular complexity index is 439. The lowest BCUT2D eigenvalue weighted by Crippen LogP contribution is -2.05. The van der Waals surface area contributed by atoms with Gasteiger partial charge in [0.05, 0.1) is 0 Å². The lowest BCUT2D eigenvalue weighted by Gasteiger charge is -2.09. The van der Waals surface area contributed by atoms with Gasteiger partial charge < -0.3 is 4.79 Å². The van der Waals surface area contributed by atoms with Crippen molar-refractivity contribution in [2.24, 2.45) is 0 Å². The van der Waals surface area contributed by atoms with Gasteiger partial charge in [-0.05, 0) is 17.7 Å². The molecule has 0 aliphatic carbocycles. The molecule has 80 valence electrons. The molecule has 1 heterocycles. The maximum Gasteiger partial charge on any atom is 0.127 e. The molecule has 1 atom stereocenters. The topological polar surface area (TPSA) is 30.0 Å². The van der Waals surface area contributed by atoms with Crippen LogP contribution >= 0.6 is 0 Å². The Balaban J connectivity index is 2.16. The SMILES string of the molecule is O=CC(Cc1ccccn1)c1ccccc1. The van der Waals surface area contributed by atoms with Gasteiger partial charge in [0.1, 0.15) is 6.29 Å². The third-order valence-electron chi connectivity index (χ3n) is 2.55. The average molecular weight is 211 g/mol. The molecule has 2 aromatic rings. The lowest BCUT2D eigenvalue weighted by molar-refractivity contribution is -0.109. The molecule has 0 amide bonds. The fourth-order valence-corrected chi connectivity index (χ4v) is 1.69. The quantitative estimate of drug-likeness (QED) is 0.727. The molecule has 1 unspecified atom stereocenters. The predicted molar refractivity (Wildman–Crippen MR) is 63.2 cm³/mol. The predicted octanol–water partition coefficient (Wildman–Crippen LogP) is 2.61. The van der Waals surface area contributed by atoms with Crippen LogP contribution in [0.5, 0.6) is 0 Å². The van der Waals surface area contributed by atoms with Crippen LogP contribution in [0, 0.1) is 0 Å². The first-order chi connectivity index (χ1) is 7.90. The van der Waals surface area contributed by atoms with Gasteiger partial charge in [-0.3, -0.25) is 4.98 Å². The summed E-state index contributed by atoms with van der Waals surface area (Å²) in [5.41, 5.74) is 1.99. The Kier molecular flexibility index (Phi) is 3.44. The summed E-state index contributed by atoms with van der Waals surface area (Å²) in [6.07, 6.45) is 3.40. The van der Waals surface area contributed by atoms with E-state index in [1.807, 2.05) is 48.5 Å². The summed E-state index contributed by atoms with van der Waals surface area (Å²) in [4.78, 5) is 15.3. The number of hydrogen-bond acceptors (Lipinski definition) is 2. The molecule has 2 nitrogen and oxygen atoms in total. The van der Waals surface area contributed by atoms with Crippen molar-refractivity contribution in [1.82, 2.24) is 4.98 Å². The average Bonchev–Trinajstić information content (AvgIpc) is 2.38.